The van der Waals surface area contributed by atoms with Crippen molar-refractivity contribution >= 4 is 17.1 Å². The van der Waals surface area contributed by atoms with Crippen LogP contribution in [0.25, 0.3) is 11.2 Å². The zero-order chi connectivity index (χ0) is 19.6. The highest BCUT2D eigenvalue weighted by molar-refractivity contribution is 5.93. The normalized spacial score (nSPS) is 11.1. The number of fused-ring (bicyclic) bond motifs is 1. The number of amides is 1. The lowest BCUT2D eigenvalue weighted by atomic mass is 10.2. The molecule has 3 rings (SSSR count). The highest BCUT2D eigenvalue weighted by atomic mass is 19.1. The van der Waals surface area contributed by atoms with E-state index in [2.05, 4.69) is 15.3 Å². The van der Waals surface area contributed by atoms with Gasteiger partial charge in [0.2, 0.25) is 0 Å². The van der Waals surface area contributed by atoms with Crippen molar-refractivity contribution in [2.75, 3.05) is 0 Å². The third kappa shape index (κ3) is 4.16. The Kier molecular flexibility index (Phi) is 5.25. The van der Waals surface area contributed by atoms with E-state index in [0.29, 0.717) is 17.7 Å². The molecule has 0 bridgehead atoms. The van der Waals surface area contributed by atoms with Crippen LogP contribution in [0.15, 0.2) is 41.3 Å². The van der Waals surface area contributed by atoms with E-state index in [9.17, 15) is 18.4 Å². The molecular formula is C19H18F2N4O2. The SMILES string of the molecule is CC(C)Cn1c(=O)c(C(=O)NCc2cc(F)cc(F)c2)nc2cccnc21. The Morgan fingerprint density at radius 1 is 1.22 bits per heavy atom. The molecule has 27 heavy (non-hydrogen) atoms. The first-order valence-corrected chi connectivity index (χ1v) is 8.44. The van der Waals surface area contributed by atoms with E-state index in [1.165, 1.54) is 4.57 Å². The molecule has 140 valence electrons. The van der Waals surface area contributed by atoms with Gasteiger partial charge in [-0.2, -0.15) is 0 Å². The smallest absolute Gasteiger partial charge is 0.283 e. The second-order valence-corrected chi connectivity index (χ2v) is 6.58. The monoisotopic (exact) mass is 372 g/mol. The summed E-state index contributed by atoms with van der Waals surface area (Å²) in [6.07, 6.45) is 1.55. The number of benzene rings is 1. The highest BCUT2D eigenvalue weighted by Gasteiger charge is 2.18. The molecular weight excluding hydrogens is 354 g/mol. The van der Waals surface area contributed by atoms with Crippen molar-refractivity contribution in [3.05, 3.63) is 69.8 Å². The Morgan fingerprint density at radius 2 is 1.93 bits per heavy atom. The molecule has 1 amide bonds. The second kappa shape index (κ2) is 7.61. The largest absolute Gasteiger partial charge is 0.346 e. The molecule has 0 radical (unpaired) electrons. The molecule has 2 heterocycles. The Bertz CT molecular complexity index is 1040. The van der Waals surface area contributed by atoms with Gasteiger partial charge in [-0.3, -0.25) is 14.2 Å². The lowest BCUT2D eigenvalue weighted by Gasteiger charge is -2.13. The average molecular weight is 372 g/mol. The maximum Gasteiger partial charge on any atom is 0.283 e. The van der Waals surface area contributed by atoms with Crippen molar-refractivity contribution in [1.82, 2.24) is 19.9 Å². The first kappa shape index (κ1) is 18.6. The number of hydrogen-bond acceptors (Lipinski definition) is 4. The molecule has 0 unspecified atom stereocenters. The Hall–Kier alpha value is -3.16. The van der Waals surface area contributed by atoms with Crippen LogP contribution in [0.3, 0.4) is 0 Å². The molecule has 3 aromatic rings. The molecule has 0 spiro atoms. The first-order chi connectivity index (χ1) is 12.8. The van der Waals surface area contributed by atoms with E-state index >= 15 is 0 Å². The minimum absolute atomic E-state index is 0.135. The molecule has 0 aliphatic rings. The fourth-order valence-corrected chi connectivity index (χ4v) is 2.74. The van der Waals surface area contributed by atoms with Gasteiger partial charge in [-0.25, -0.2) is 18.7 Å². The summed E-state index contributed by atoms with van der Waals surface area (Å²) in [5.74, 6) is -2.05. The Balaban J connectivity index is 1.94. The van der Waals surface area contributed by atoms with Gasteiger partial charge in [-0.05, 0) is 35.7 Å². The zero-order valence-electron chi connectivity index (χ0n) is 14.9. The van der Waals surface area contributed by atoms with Crippen LogP contribution in [-0.2, 0) is 13.1 Å². The van der Waals surface area contributed by atoms with E-state index in [-0.39, 0.29) is 23.7 Å². The number of nitrogens with one attached hydrogen (secondary N) is 1. The van der Waals surface area contributed by atoms with Crippen LogP contribution in [0.4, 0.5) is 8.78 Å². The predicted molar refractivity (Wildman–Crippen MR) is 96.2 cm³/mol. The van der Waals surface area contributed by atoms with Gasteiger partial charge in [0.25, 0.3) is 11.5 Å². The molecule has 0 aliphatic carbocycles. The van der Waals surface area contributed by atoms with Crippen LogP contribution >= 0.6 is 0 Å². The number of carbonyl (C=O) groups is 1. The third-order valence-corrected chi connectivity index (χ3v) is 3.84. The van der Waals surface area contributed by atoms with Crippen LogP contribution in [0, 0.1) is 17.6 Å². The topological polar surface area (TPSA) is 76.9 Å². The molecule has 0 saturated carbocycles. The van der Waals surface area contributed by atoms with Crippen LogP contribution in [0.1, 0.15) is 29.9 Å². The molecule has 1 aromatic carbocycles. The maximum absolute atomic E-state index is 13.3. The van der Waals surface area contributed by atoms with E-state index in [1.807, 2.05) is 13.8 Å². The summed E-state index contributed by atoms with van der Waals surface area (Å²) in [5, 5.41) is 2.49. The van der Waals surface area contributed by atoms with E-state index in [4.69, 9.17) is 0 Å². The first-order valence-electron chi connectivity index (χ1n) is 8.44. The summed E-state index contributed by atoms with van der Waals surface area (Å²) in [6.45, 7) is 4.13. The molecule has 0 aliphatic heterocycles. The number of hydrogen-bond donors (Lipinski definition) is 1. The quantitative estimate of drug-likeness (QED) is 0.747. The lowest BCUT2D eigenvalue weighted by molar-refractivity contribution is 0.0943. The van der Waals surface area contributed by atoms with E-state index in [0.717, 1.165) is 18.2 Å². The lowest BCUT2D eigenvalue weighted by Crippen LogP contribution is -2.35. The van der Waals surface area contributed by atoms with Crippen molar-refractivity contribution in [2.45, 2.75) is 26.9 Å². The number of pyridine rings is 1. The minimum Gasteiger partial charge on any atom is -0.346 e. The highest BCUT2D eigenvalue weighted by Crippen LogP contribution is 2.10. The number of carbonyl (C=O) groups excluding carboxylic acids is 1. The summed E-state index contributed by atoms with van der Waals surface area (Å²) in [5.41, 5.74) is 0.219. The standard InChI is InChI=1S/C19H18F2N4O2/c1-11(2)10-25-17-15(4-3-5-22-17)24-16(19(25)27)18(26)23-9-12-6-13(20)8-14(21)7-12/h3-8,11H,9-10H2,1-2H3,(H,23,26). The Morgan fingerprint density at radius 3 is 2.59 bits per heavy atom. The third-order valence-electron chi connectivity index (χ3n) is 3.84. The molecule has 0 saturated heterocycles. The number of nitrogens with zero attached hydrogens (tertiary/aromatic N) is 3. The van der Waals surface area contributed by atoms with Crippen molar-refractivity contribution in [3.63, 3.8) is 0 Å². The minimum atomic E-state index is -0.742. The van der Waals surface area contributed by atoms with Crippen molar-refractivity contribution < 1.29 is 13.6 Å². The van der Waals surface area contributed by atoms with Gasteiger partial charge >= 0.3 is 0 Å². The number of aromatic nitrogens is 3. The molecule has 6 nitrogen and oxygen atoms in total. The average Bonchev–Trinajstić information content (AvgIpc) is 2.61. The van der Waals surface area contributed by atoms with E-state index in [1.54, 1.807) is 18.3 Å². The van der Waals surface area contributed by atoms with Crippen molar-refractivity contribution in [3.8, 4) is 0 Å². The zero-order valence-corrected chi connectivity index (χ0v) is 14.9. The van der Waals surface area contributed by atoms with Gasteiger partial charge in [0.05, 0.1) is 0 Å². The van der Waals surface area contributed by atoms with Crippen molar-refractivity contribution in [1.29, 1.82) is 0 Å². The molecule has 0 fully saturated rings. The predicted octanol–water partition coefficient (Wildman–Crippen LogP) is 2.66. The van der Waals surface area contributed by atoms with Gasteiger partial charge < -0.3 is 5.32 Å². The Labute approximate surface area is 153 Å². The molecule has 8 heteroatoms. The summed E-state index contributed by atoms with van der Waals surface area (Å²) in [7, 11) is 0. The van der Waals surface area contributed by atoms with Gasteiger partial charge in [0.1, 0.15) is 17.2 Å². The summed E-state index contributed by atoms with van der Waals surface area (Å²) in [4.78, 5) is 33.6. The molecule has 1 N–H and O–H groups in total. The van der Waals surface area contributed by atoms with Gasteiger partial charge in [-0.15, -0.1) is 0 Å². The molecule has 0 atom stereocenters. The fraction of sp³-hybridized carbons (Fsp3) is 0.263. The van der Waals surface area contributed by atoms with Crippen LogP contribution < -0.4 is 10.9 Å². The summed E-state index contributed by atoms with van der Waals surface area (Å²) >= 11 is 0. The molecule has 2 aromatic heterocycles. The van der Waals surface area contributed by atoms with Crippen LogP contribution in [-0.4, -0.2) is 20.4 Å². The number of halogens is 2. The van der Waals surface area contributed by atoms with Crippen LogP contribution in [0.2, 0.25) is 0 Å². The maximum atomic E-state index is 13.3. The second-order valence-electron chi connectivity index (χ2n) is 6.58. The summed E-state index contributed by atoms with van der Waals surface area (Å²) in [6, 6.07) is 6.29. The van der Waals surface area contributed by atoms with Crippen LogP contribution in [0.5, 0.6) is 0 Å². The number of rotatable bonds is 5. The van der Waals surface area contributed by atoms with Gasteiger partial charge in [-0.1, -0.05) is 13.8 Å². The van der Waals surface area contributed by atoms with Gasteiger partial charge in [0.15, 0.2) is 11.3 Å². The van der Waals surface area contributed by atoms with E-state index < -0.39 is 23.1 Å². The van der Waals surface area contributed by atoms with Crippen molar-refractivity contribution in [2.24, 2.45) is 5.92 Å². The summed E-state index contributed by atoms with van der Waals surface area (Å²) < 4.78 is 27.9. The fourth-order valence-electron chi connectivity index (χ4n) is 2.74. The van der Waals surface area contributed by atoms with Gasteiger partial charge in [0, 0.05) is 25.4 Å².